The van der Waals surface area contributed by atoms with Gasteiger partial charge in [0, 0.05) is 45.7 Å². The molecule has 1 N–H and O–H groups in total. The van der Waals surface area contributed by atoms with Crippen LogP contribution in [0.15, 0.2) is 29.2 Å². The van der Waals surface area contributed by atoms with Crippen molar-refractivity contribution in [1.82, 2.24) is 14.5 Å². The third-order valence-corrected chi connectivity index (χ3v) is 6.08. The second kappa shape index (κ2) is 8.04. The summed E-state index contributed by atoms with van der Waals surface area (Å²) in [7, 11) is -2.19. The van der Waals surface area contributed by atoms with Gasteiger partial charge in [-0.05, 0) is 37.6 Å². The van der Waals surface area contributed by atoms with Gasteiger partial charge in [0.2, 0.25) is 15.9 Å². The van der Waals surface area contributed by atoms with Crippen molar-refractivity contribution in [3.63, 3.8) is 0 Å². The van der Waals surface area contributed by atoms with Gasteiger partial charge in [-0.15, -0.1) is 0 Å². The maximum atomic E-state index is 12.9. The van der Waals surface area contributed by atoms with Crippen molar-refractivity contribution in [3.05, 3.63) is 30.1 Å². The SMILES string of the molecule is CC1CNCCN1C(=O)CCCN(C)S(=O)(=O)c1ccc(F)cc1. The normalized spacial score (nSPS) is 18.8. The summed E-state index contributed by atoms with van der Waals surface area (Å²) in [6, 6.07) is 4.89. The Morgan fingerprint density at radius 1 is 1.38 bits per heavy atom. The van der Waals surface area contributed by atoms with Gasteiger partial charge in [-0.1, -0.05) is 0 Å². The zero-order chi connectivity index (χ0) is 17.7. The summed E-state index contributed by atoms with van der Waals surface area (Å²) < 4.78 is 38.9. The van der Waals surface area contributed by atoms with Crippen LogP contribution < -0.4 is 5.32 Å². The summed E-state index contributed by atoms with van der Waals surface area (Å²) >= 11 is 0. The number of carbonyl (C=O) groups is 1. The molecule has 1 fully saturated rings. The molecule has 0 aliphatic carbocycles. The van der Waals surface area contributed by atoms with Crippen LogP contribution in [-0.4, -0.2) is 62.8 Å². The van der Waals surface area contributed by atoms with Crippen LogP contribution in [0.4, 0.5) is 4.39 Å². The third-order valence-electron chi connectivity index (χ3n) is 4.21. The average molecular weight is 357 g/mol. The standard InChI is InChI=1S/C16H24FN3O3S/c1-13-12-18-9-11-20(13)16(21)4-3-10-19(2)24(22,23)15-7-5-14(17)6-8-15/h5-8,13,18H,3-4,9-12H2,1-2H3. The molecule has 1 aliphatic heterocycles. The number of halogens is 1. The fraction of sp³-hybridized carbons (Fsp3) is 0.562. The van der Waals surface area contributed by atoms with E-state index in [0.717, 1.165) is 25.2 Å². The molecule has 24 heavy (non-hydrogen) atoms. The predicted molar refractivity (Wildman–Crippen MR) is 89.5 cm³/mol. The molecule has 8 heteroatoms. The molecule has 0 aromatic heterocycles. The van der Waals surface area contributed by atoms with Crippen molar-refractivity contribution in [3.8, 4) is 0 Å². The van der Waals surface area contributed by atoms with E-state index in [1.54, 1.807) is 0 Å². The number of sulfonamides is 1. The summed E-state index contributed by atoms with van der Waals surface area (Å²) in [4.78, 5) is 14.1. The first kappa shape index (κ1) is 18.8. The molecule has 1 aliphatic rings. The average Bonchev–Trinajstić information content (AvgIpc) is 2.55. The lowest BCUT2D eigenvalue weighted by Crippen LogP contribution is -2.52. The number of hydrogen-bond donors (Lipinski definition) is 1. The number of rotatable bonds is 6. The highest BCUT2D eigenvalue weighted by Crippen LogP contribution is 2.15. The van der Waals surface area contributed by atoms with Gasteiger partial charge in [-0.2, -0.15) is 0 Å². The first-order valence-electron chi connectivity index (χ1n) is 8.04. The van der Waals surface area contributed by atoms with Crippen molar-refractivity contribution >= 4 is 15.9 Å². The predicted octanol–water partition coefficient (Wildman–Crippen LogP) is 1.05. The van der Waals surface area contributed by atoms with Crippen LogP contribution in [0, 0.1) is 5.82 Å². The van der Waals surface area contributed by atoms with E-state index in [1.807, 2.05) is 11.8 Å². The zero-order valence-electron chi connectivity index (χ0n) is 14.0. The lowest BCUT2D eigenvalue weighted by molar-refractivity contribution is -0.134. The van der Waals surface area contributed by atoms with Crippen LogP contribution in [0.2, 0.25) is 0 Å². The van der Waals surface area contributed by atoms with E-state index in [1.165, 1.54) is 23.5 Å². The molecule has 1 aromatic rings. The van der Waals surface area contributed by atoms with Crippen molar-refractivity contribution in [1.29, 1.82) is 0 Å². The first-order chi connectivity index (χ1) is 11.3. The third kappa shape index (κ3) is 4.52. The summed E-state index contributed by atoms with van der Waals surface area (Å²) in [6.07, 6.45) is 0.764. The Morgan fingerprint density at radius 3 is 2.67 bits per heavy atom. The number of benzene rings is 1. The van der Waals surface area contributed by atoms with E-state index < -0.39 is 15.8 Å². The smallest absolute Gasteiger partial charge is 0.242 e. The molecule has 0 radical (unpaired) electrons. The number of nitrogens with one attached hydrogen (secondary N) is 1. The van der Waals surface area contributed by atoms with Gasteiger partial charge in [0.25, 0.3) is 0 Å². The number of carbonyl (C=O) groups excluding carboxylic acids is 1. The van der Waals surface area contributed by atoms with Gasteiger partial charge in [-0.25, -0.2) is 17.1 Å². The van der Waals surface area contributed by atoms with E-state index in [0.29, 0.717) is 19.4 Å². The Bertz CT molecular complexity index is 664. The second-order valence-electron chi connectivity index (χ2n) is 6.02. The Morgan fingerprint density at radius 2 is 2.04 bits per heavy atom. The second-order valence-corrected chi connectivity index (χ2v) is 8.07. The fourth-order valence-corrected chi connectivity index (χ4v) is 3.92. The maximum Gasteiger partial charge on any atom is 0.242 e. The topological polar surface area (TPSA) is 69.7 Å². The van der Waals surface area contributed by atoms with E-state index >= 15 is 0 Å². The summed E-state index contributed by atoms with van der Waals surface area (Å²) in [6.45, 7) is 4.49. The Labute approximate surface area is 142 Å². The Hall–Kier alpha value is -1.51. The highest BCUT2D eigenvalue weighted by Gasteiger charge is 2.24. The van der Waals surface area contributed by atoms with Gasteiger partial charge >= 0.3 is 0 Å². The number of hydrogen-bond acceptors (Lipinski definition) is 4. The molecule has 0 spiro atoms. The fourth-order valence-electron chi connectivity index (χ4n) is 2.71. The molecule has 0 bridgehead atoms. The molecule has 2 rings (SSSR count). The summed E-state index contributed by atoms with van der Waals surface area (Å²) in [5, 5.41) is 3.23. The zero-order valence-corrected chi connectivity index (χ0v) is 14.9. The molecule has 134 valence electrons. The Kier molecular flexibility index (Phi) is 6.31. The molecule has 1 saturated heterocycles. The van der Waals surface area contributed by atoms with Gasteiger partial charge in [-0.3, -0.25) is 4.79 Å². The van der Waals surface area contributed by atoms with Crippen LogP contribution >= 0.6 is 0 Å². The van der Waals surface area contributed by atoms with Crippen molar-refractivity contribution < 1.29 is 17.6 Å². The van der Waals surface area contributed by atoms with Crippen molar-refractivity contribution in [2.75, 3.05) is 33.2 Å². The van der Waals surface area contributed by atoms with Gasteiger partial charge in [0.1, 0.15) is 5.82 Å². The molecule has 0 saturated carbocycles. The minimum atomic E-state index is -3.66. The molecule has 1 atom stereocenters. The minimum Gasteiger partial charge on any atom is -0.337 e. The lowest BCUT2D eigenvalue weighted by Gasteiger charge is -2.34. The van der Waals surface area contributed by atoms with Gasteiger partial charge in [0.15, 0.2) is 0 Å². The number of piperazine rings is 1. The first-order valence-corrected chi connectivity index (χ1v) is 9.48. The van der Waals surface area contributed by atoms with Crippen molar-refractivity contribution in [2.24, 2.45) is 0 Å². The number of amides is 1. The maximum absolute atomic E-state index is 12.9. The summed E-state index contributed by atoms with van der Waals surface area (Å²) in [5.41, 5.74) is 0. The highest BCUT2D eigenvalue weighted by molar-refractivity contribution is 7.89. The highest BCUT2D eigenvalue weighted by atomic mass is 32.2. The summed E-state index contributed by atoms with van der Waals surface area (Å²) in [5.74, 6) is -0.427. The molecular formula is C16H24FN3O3S. The molecule has 1 amide bonds. The Balaban J connectivity index is 1.87. The van der Waals surface area contributed by atoms with Crippen LogP contribution in [-0.2, 0) is 14.8 Å². The van der Waals surface area contributed by atoms with Crippen LogP contribution in [0.25, 0.3) is 0 Å². The van der Waals surface area contributed by atoms with Crippen LogP contribution in [0.1, 0.15) is 19.8 Å². The van der Waals surface area contributed by atoms with Gasteiger partial charge < -0.3 is 10.2 Å². The lowest BCUT2D eigenvalue weighted by atomic mass is 10.2. The van der Waals surface area contributed by atoms with Gasteiger partial charge in [0.05, 0.1) is 4.90 Å². The molecule has 1 unspecified atom stereocenters. The van der Waals surface area contributed by atoms with E-state index in [9.17, 15) is 17.6 Å². The van der Waals surface area contributed by atoms with E-state index in [4.69, 9.17) is 0 Å². The molecule has 6 nitrogen and oxygen atoms in total. The van der Waals surface area contributed by atoms with E-state index in [2.05, 4.69) is 5.32 Å². The number of nitrogens with zero attached hydrogens (tertiary/aromatic N) is 2. The molecular weight excluding hydrogens is 333 g/mol. The molecule has 1 aromatic carbocycles. The quantitative estimate of drug-likeness (QED) is 0.826. The largest absolute Gasteiger partial charge is 0.337 e. The van der Waals surface area contributed by atoms with E-state index in [-0.39, 0.29) is 23.4 Å². The molecule has 1 heterocycles. The minimum absolute atomic E-state index is 0.0495. The van der Waals surface area contributed by atoms with Crippen LogP contribution in [0.5, 0.6) is 0 Å². The van der Waals surface area contributed by atoms with Crippen LogP contribution in [0.3, 0.4) is 0 Å². The van der Waals surface area contributed by atoms with Crippen molar-refractivity contribution in [2.45, 2.75) is 30.7 Å². The monoisotopic (exact) mass is 357 g/mol.